The van der Waals surface area contributed by atoms with Gasteiger partial charge in [-0.1, -0.05) is 19.3 Å². The Balaban J connectivity index is 1.99. The average molecular weight is 250 g/mol. The van der Waals surface area contributed by atoms with Crippen LogP contribution in [0.15, 0.2) is 12.4 Å². The minimum absolute atomic E-state index is 0.0943. The van der Waals surface area contributed by atoms with Crippen LogP contribution >= 0.6 is 0 Å². The summed E-state index contributed by atoms with van der Waals surface area (Å²) < 4.78 is 2.08. The van der Waals surface area contributed by atoms with Gasteiger partial charge in [0.2, 0.25) is 0 Å². The molecule has 1 unspecified atom stereocenters. The first-order valence-electron chi connectivity index (χ1n) is 6.92. The second-order valence-electron chi connectivity index (χ2n) is 6.01. The summed E-state index contributed by atoms with van der Waals surface area (Å²) in [7, 11) is 4.21. The van der Waals surface area contributed by atoms with E-state index in [0.717, 1.165) is 18.3 Å². The van der Waals surface area contributed by atoms with Crippen molar-refractivity contribution in [3.63, 3.8) is 0 Å². The van der Waals surface area contributed by atoms with Crippen LogP contribution in [0, 0.1) is 5.92 Å². The lowest BCUT2D eigenvalue weighted by Gasteiger charge is -2.42. The molecule has 18 heavy (non-hydrogen) atoms. The molecule has 1 aliphatic carbocycles. The van der Waals surface area contributed by atoms with E-state index in [4.69, 9.17) is 5.73 Å². The van der Waals surface area contributed by atoms with Crippen LogP contribution in [0.4, 0.5) is 0 Å². The summed E-state index contributed by atoms with van der Waals surface area (Å²) in [4.78, 5) is 6.77. The Kier molecular flexibility index (Phi) is 4.07. The number of aryl methyl sites for hydroxylation is 1. The zero-order chi connectivity index (χ0) is 13.2. The number of rotatable bonds is 6. The highest BCUT2D eigenvalue weighted by molar-refractivity contribution is 4.96. The highest BCUT2D eigenvalue weighted by Crippen LogP contribution is 2.35. The molecular weight excluding hydrogens is 224 g/mol. The second kappa shape index (κ2) is 5.41. The molecule has 2 N–H and O–H groups in total. The van der Waals surface area contributed by atoms with E-state index in [0.29, 0.717) is 6.54 Å². The van der Waals surface area contributed by atoms with Crippen molar-refractivity contribution in [1.29, 1.82) is 0 Å². The Morgan fingerprint density at radius 1 is 1.56 bits per heavy atom. The van der Waals surface area contributed by atoms with Crippen LogP contribution in [-0.4, -0.2) is 33.6 Å². The van der Waals surface area contributed by atoms with Crippen LogP contribution in [0.5, 0.6) is 0 Å². The van der Waals surface area contributed by atoms with Gasteiger partial charge in [-0.25, -0.2) is 4.98 Å². The van der Waals surface area contributed by atoms with E-state index >= 15 is 0 Å². The summed E-state index contributed by atoms with van der Waals surface area (Å²) in [6, 6.07) is 0. The van der Waals surface area contributed by atoms with Gasteiger partial charge >= 0.3 is 0 Å². The molecule has 0 radical (unpaired) electrons. The lowest BCUT2D eigenvalue weighted by molar-refractivity contribution is 0.0827. The molecule has 0 aliphatic heterocycles. The fourth-order valence-electron chi connectivity index (χ4n) is 2.67. The highest BCUT2D eigenvalue weighted by atomic mass is 15.2. The normalized spacial score (nSPS) is 19.8. The molecule has 1 saturated carbocycles. The molecule has 1 fully saturated rings. The summed E-state index contributed by atoms with van der Waals surface area (Å²) in [6.07, 6.45) is 9.22. The molecule has 1 aromatic heterocycles. The quantitative estimate of drug-likeness (QED) is 0.837. The van der Waals surface area contributed by atoms with Gasteiger partial charge in [0.15, 0.2) is 0 Å². The molecule has 4 heteroatoms. The maximum absolute atomic E-state index is 6.03. The van der Waals surface area contributed by atoms with Crippen LogP contribution in [0.25, 0.3) is 0 Å². The van der Waals surface area contributed by atoms with E-state index in [2.05, 4.69) is 28.4 Å². The number of likely N-dealkylation sites (N-methyl/N-ethyl adjacent to an activating group) is 1. The molecular formula is C14H26N4. The molecule has 0 bridgehead atoms. The zero-order valence-corrected chi connectivity index (χ0v) is 11.9. The molecule has 4 nitrogen and oxygen atoms in total. The molecule has 1 heterocycles. The minimum Gasteiger partial charge on any atom is -0.337 e. The monoisotopic (exact) mass is 250 g/mol. The smallest absolute Gasteiger partial charge is 0.122 e. The van der Waals surface area contributed by atoms with Crippen molar-refractivity contribution in [2.75, 3.05) is 13.6 Å². The summed E-state index contributed by atoms with van der Waals surface area (Å²) in [5, 5.41) is 0. The van der Waals surface area contributed by atoms with Crippen LogP contribution in [0.1, 0.15) is 38.4 Å². The number of hydrogen-bond donors (Lipinski definition) is 1. The second-order valence-corrected chi connectivity index (χ2v) is 6.01. The SMILES string of the molecule is CN(Cc1nccn1C)C(C)(CN)CC1CCC1. The Morgan fingerprint density at radius 3 is 2.72 bits per heavy atom. The van der Waals surface area contributed by atoms with Crippen molar-refractivity contribution < 1.29 is 0 Å². The molecule has 0 spiro atoms. The van der Waals surface area contributed by atoms with Crippen molar-refractivity contribution in [3.8, 4) is 0 Å². The molecule has 2 rings (SSSR count). The average Bonchev–Trinajstić information content (AvgIpc) is 2.69. The van der Waals surface area contributed by atoms with Gasteiger partial charge < -0.3 is 10.3 Å². The van der Waals surface area contributed by atoms with Crippen molar-refractivity contribution in [1.82, 2.24) is 14.5 Å². The van der Waals surface area contributed by atoms with Crippen molar-refractivity contribution >= 4 is 0 Å². The largest absolute Gasteiger partial charge is 0.337 e. The number of imidazole rings is 1. The fraction of sp³-hybridized carbons (Fsp3) is 0.786. The van der Waals surface area contributed by atoms with E-state index in [9.17, 15) is 0 Å². The maximum atomic E-state index is 6.03. The summed E-state index contributed by atoms with van der Waals surface area (Å²) in [6.45, 7) is 3.86. The molecule has 1 aliphatic rings. The number of nitrogens with two attached hydrogens (primary N) is 1. The topological polar surface area (TPSA) is 47.1 Å². The van der Waals surface area contributed by atoms with Gasteiger partial charge in [-0.3, -0.25) is 4.90 Å². The lowest BCUT2D eigenvalue weighted by atomic mass is 9.76. The number of nitrogens with zero attached hydrogens (tertiary/aromatic N) is 3. The Labute approximate surface area is 110 Å². The third-order valence-corrected chi connectivity index (χ3v) is 4.61. The van der Waals surface area contributed by atoms with E-state index in [1.54, 1.807) is 0 Å². The van der Waals surface area contributed by atoms with Gasteiger partial charge in [-0.2, -0.15) is 0 Å². The van der Waals surface area contributed by atoms with E-state index in [1.165, 1.54) is 25.7 Å². The molecule has 1 atom stereocenters. The van der Waals surface area contributed by atoms with Crippen molar-refractivity contribution in [2.24, 2.45) is 18.7 Å². The Hall–Kier alpha value is -0.870. The first kappa shape index (κ1) is 13.6. The van der Waals surface area contributed by atoms with Crippen molar-refractivity contribution in [2.45, 2.75) is 44.7 Å². The van der Waals surface area contributed by atoms with Gasteiger partial charge in [0.25, 0.3) is 0 Å². The van der Waals surface area contributed by atoms with Crippen LogP contribution in [0.2, 0.25) is 0 Å². The van der Waals surface area contributed by atoms with E-state index < -0.39 is 0 Å². The predicted molar refractivity (Wildman–Crippen MR) is 74.1 cm³/mol. The van der Waals surface area contributed by atoms with Crippen LogP contribution < -0.4 is 5.73 Å². The number of aromatic nitrogens is 2. The Bertz CT molecular complexity index is 383. The number of hydrogen-bond acceptors (Lipinski definition) is 3. The molecule has 102 valence electrons. The van der Waals surface area contributed by atoms with E-state index in [1.807, 2.05) is 19.4 Å². The lowest BCUT2D eigenvalue weighted by Crippen LogP contribution is -2.51. The molecule has 0 amide bonds. The molecule has 1 aromatic rings. The summed E-state index contributed by atoms with van der Waals surface area (Å²) >= 11 is 0. The summed E-state index contributed by atoms with van der Waals surface area (Å²) in [5.41, 5.74) is 6.13. The van der Waals surface area contributed by atoms with E-state index in [-0.39, 0.29) is 5.54 Å². The minimum atomic E-state index is 0.0943. The van der Waals surface area contributed by atoms with Gasteiger partial charge in [-0.15, -0.1) is 0 Å². The molecule has 0 saturated heterocycles. The van der Waals surface area contributed by atoms with Crippen LogP contribution in [-0.2, 0) is 13.6 Å². The van der Waals surface area contributed by atoms with Crippen molar-refractivity contribution in [3.05, 3.63) is 18.2 Å². The highest BCUT2D eigenvalue weighted by Gasteiger charge is 2.33. The first-order chi connectivity index (χ1) is 8.55. The van der Waals surface area contributed by atoms with Gasteiger partial charge in [0.1, 0.15) is 5.82 Å². The summed E-state index contributed by atoms with van der Waals surface area (Å²) in [5.74, 6) is 1.98. The molecule has 0 aromatic carbocycles. The fourth-order valence-corrected chi connectivity index (χ4v) is 2.67. The predicted octanol–water partition coefficient (Wildman–Crippen LogP) is 1.76. The zero-order valence-electron chi connectivity index (χ0n) is 11.9. The Morgan fingerprint density at radius 2 is 2.28 bits per heavy atom. The van der Waals surface area contributed by atoms with Gasteiger partial charge in [0.05, 0.1) is 6.54 Å². The van der Waals surface area contributed by atoms with Crippen LogP contribution in [0.3, 0.4) is 0 Å². The first-order valence-corrected chi connectivity index (χ1v) is 6.92. The van der Waals surface area contributed by atoms with Gasteiger partial charge in [0, 0.05) is 31.5 Å². The third kappa shape index (κ3) is 2.75. The van der Waals surface area contributed by atoms with Gasteiger partial charge in [-0.05, 0) is 26.3 Å². The maximum Gasteiger partial charge on any atom is 0.122 e. The standard InChI is InChI=1S/C14H26N4/c1-14(11-15,9-12-5-4-6-12)18(3)10-13-16-7-8-17(13)2/h7-8,12H,4-6,9-11,15H2,1-3H3. The third-order valence-electron chi connectivity index (χ3n) is 4.61.